The van der Waals surface area contributed by atoms with Crippen LogP contribution in [-0.2, 0) is 6.54 Å². The van der Waals surface area contributed by atoms with Crippen molar-refractivity contribution in [1.29, 1.82) is 0 Å². The van der Waals surface area contributed by atoms with E-state index in [2.05, 4.69) is 41.6 Å². The van der Waals surface area contributed by atoms with E-state index < -0.39 is 0 Å². The molecule has 2 aromatic heterocycles. The molecule has 0 saturated heterocycles. The molecule has 2 N–H and O–H groups in total. The molecule has 6 nitrogen and oxygen atoms in total. The highest BCUT2D eigenvalue weighted by molar-refractivity contribution is 6.00. The first kappa shape index (κ1) is 19.8. The third-order valence-electron chi connectivity index (χ3n) is 5.21. The van der Waals surface area contributed by atoms with E-state index in [-0.39, 0.29) is 11.5 Å². The Balaban J connectivity index is 1.42. The minimum atomic E-state index is -0.212. The summed E-state index contributed by atoms with van der Waals surface area (Å²) in [4.78, 5) is 31.5. The first-order valence-corrected chi connectivity index (χ1v) is 10.2. The number of nitrogens with zero attached hydrogens (tertiary/aromatic N) is 2. The standard InChI is InChI=1S/C24H24N4O2/c1-27(17-18-9-3-2-4-10-18)15-8-14-25-23(29)20-12-7-16-28-22(20)26-21-13-6-5-11-19(21)24(28)30/h2-7,9-13,16H,8,14-15,17H2,1H3,(H,25,29)/p+1. The zero-order valence-corrected chi connectivity index (χ0v) is 17.0. The van der Waals surface area contributed by atoms with Crippen molar-refractivity contribution in [3.63, 3.8) is 0 Å². The lowest BCUT2D eigenvalue weighted by Gasteiger charge is -2.14. The lowest BCUT2D eigenvalue weighted by molar-refractivity contribution is -0.893. The van der Waals surface area contributed by atoms with Crippen LogP contribution in [0.1, 0.15) is 22.3 Å². The van der Waals surface area contributed by atoms with Gasteiger partial charge in [-0.25, -0.2) is 4.98 Å². The van der Waals surface area contributed by atoms with E-state index in [0.29, 0.717) is 28.7 Å². The third-order valence-corrected chi connectivity index (χ3v) is 5.21. The summed E-state index contributed by atoms with van der Waals surface area (Å²) in [5.41, 5.74) is 2.51. The Morgan fingerprint density at radius 2 is 1.80 bits per heavy atom. The zero-order valence-electron chi connectivity index (χ0n) is 17.0. The number of aromatic nitrogens is 2. The average Bonchev–Trinajstić information content (AvgIpc) is 2.77. The van der Waals surface area contributed by atoms with Crippen LogP contribution in [0, 0.1) is 0 Å². The maximum absolute atomic E-state index is 12.8. The van der Waals surface area contributed by atoms with Gasteiger partial charge in [0.05, 0.1) is 30.1 Å². The van der Waals surface area contributed by atoms with E-state index in [1.807, 2.05) is 18.2 Å². The Morgan fingerprint density at radius 1 is 1.03 bits per heavy atom. The first-order valence-electron chi connectivity index (χ1n) is 10.2. The SMILES string of the molecule is C[NH+](CCCNC(=O)c1cccn2c(=O)c3ccccc3nc12)Cc1ccccc1. The number of carbonyl (C=O) groups excluding carboxylic acids is 1. The number of para-hydroxylation sites is 1. The second-order valence-electron chi connectivity index (χ2n) is 7.53. The zero-order chi connectivity index (χ0) is 20.9. The van der Waals surface area contributed by atoms with E-state index >= 15 is 0 Å². The summed E-state index contributed by atoms with van der Waals surface area (Å²) in [6, 6.07) is 21.0. The van der Waals surface area contributed by atoms with Gasteiger partial charge in [-0.15, -0.1) is 0 Å². The van der Waals surface area contributed by atoms with Gasteiger partial charge in [0.25, 0.3) is 11.5 Å². The van der Waals surface area contributed by atoms with Gasteiger partial charge >= 0.3 is 0 Å². The molecule has 1 amide bonds. The molecule has 0 saturated carbocycles. The molecule has 152 valence electrons. The highest BCUT2D eigenvalue weighted by Crippen LogP contribution is 2.12. The van der Waals surface area contributed by atoms with Crippen molar-refractivity contribution in [2.45, 2.75) is 13.0 Å². The fraction of sp³-hybridized carbons (Fsp3) is 0.208. The number of carbonyl (C=O) groups is 1. The van der Waals surface area contributed by atoms with Crippen LogP contribution in [0.3, 0.4) is 0 Å². The van der Waals surface area contributed by atoms with E-state index in [1.54, 1.807) is 30.5 Å². The number of pyridine rings is 1. The maximum Gasteiger partial charge on any atom is 0.265 e. The molecular formula is C24H25N4O2+. The molecule has 1 unspecified atom stereocenters. The summed E-state index contributed by atoms with van der Waals surface area (Å²) >= 11 is 0. The third kappa shape index (κ3) is 4.23. The molecule has 2 aromatic carbocycles. The molecule has 2 heterocycles. The molecule has 0 fully saturated rings. The highest BCUT2D eigenvalue weighted by atomic mass is 16.1. The van der Waals surface area contributed by atoms with Crippen molar-refractivity contribution in [1.82, 2.24) is 14.7 Å². The Bertz CT molecular complexity index is 1230. The van der Waals surface area contributed by atoms with Crippen LogP contribution in [-0.4, -0.2) is 35.4 Å². The van der Waals surface area contributed by atoms with E-state index in [9.17, 15) is 9.59 Å². The minimum Gasteiger partial charge on any atom is -0.352 e. The normalized spacial score (nSPS) is 12.2. The van der Waals surface area contributed by atoms with Crippen molar-refractivity contribution in [3.05, 3.63) is 94.4 Å². The van der Waals surface area contributed by atoms with Gasteiger partial charge in [0, 0.05) is 24.7 Å². The quantitative estimate of drug-likeness (QED) is 0.366. The second-order valence-corrected chi connectivity index (χ2v) is 7.53. The molecular weight excluding hydrogens is 376 g/mol. The van der Waals surface area contributed by atoms with Gasteiger partial charge in [-0.3, -0.25) is 14.0 Å². The van der Waals surface area contributed by atoms with E-state index in [0.717, 1.165) is 19.5 Å². The number of nitrogens with one attached hydrogen (secondary N) is 2. The fourth-order valence-corrected chi connectivity index (χ4v) is 3.67. The van der Waals surface area contributed by atoms with Gasteiger partial charge < -0.3 is 10.2 Å². The molecule has 30 heavy (non-hydrogen) atoms. The van der Waals surface area contributed by atoms with Crippen LogP contribution >= 0.6 is 0 Å². The van der Waals surface area contributed by atoms with Crippen LogP contribution in [0.25, 0.3) is 16.6 Å². The van der Waals surface area contributed by atoms with Crippen LogP contribution in [0.2, 0.25) is 0 Å². The predicted molar refractivity (Wildman–Crippen MR) is 118 cm³/mol. The number of hydrogen-bond acceptors (Lipinski definition) is 3. The van der Waals surface area contributed by atoms with Gasteiger partial charge in [-0.1, -0.05) is 42.5 Å². The van der Waals surface area contributed by atoms with Gasteiger partial charge in [0.1, 0.15) is 6.54 Å². The molecule has 0 aliphatic carbocycles. The van der Waals surface area contributed by atoms with Crippen LogP contribution in [0.15, 0.2) is 77.7 Å². The van der Waals surface area contributed by atoms with Crippen molar-refractivity contribution >= 4 is 22.5 Å². The fourth-order valence-electron chi connectivity index (χ4n) is 3.67. The topological polar surface area (TPSA) is 67.9 Å². The summed E-state index contributed by atoms with van der Waals surface area (Å²) in [5.74, 6) is -0.212. The number of hydrogen-bond donors (Lipinski definition) is 2. The Kier molecular flexibility index (Phi) is 5.86. The Morgan fingerprint density at radius 3 is 2.63 bits per heavy atom. The summed E-state index contributed by atoms with van der Waals surface area (Å²) < 4.78 is 1.44. The summed E-state index contributed by atoms with van der Waals surface area (Å²) in [5, 5.41) is 3.51. The van der Waals surface area contributed by atoms with Gasteiger partial charge in [-0.2, -0.15) is 0 Å². The molecule has 0 aliphatic rings. The van der Waals surface area contributed by atoms with E-state index in [1.165, 1.54) is 14.9 Å². The second kappa shape index (κ2) is 8.88. The number of fused-ring (bicyclic) bond motifs is 2. The van der Waals surface area contributed by atoms with Crippen LogP contribution in [0.5, 0.6) is 0 Å². The molecule has 0 spiro atoms. The highest BCUT2D eigenvalue weighted by Gasteiger charge is 2.14. The van der Waals surface area contributed by atoms with Crippen LogP contribution < -0.4 is 15.8 Å². The Hall–Kier alpha value is -3.51. The molecule has 0 radical (unpaired) electrons. The maximum atomic E-state index is 12.8. The van der Waals surface area contributed by atoms with Gasteiger partial charge in [-0.05, 0) is 24.3 Å². The lowest BCUT2D eigenvalue weighted by atomic mass is 10.2. The van der Waals surface area contributed by atoms with Gasteiger partial charge in [0.15, 0.2) is 5.65 Å². The molecule has 1 atom stereocenters. The van der Waals surface area contributed by atoms with Crippen molar-refractivity contribution in [2.75, 3.05) is 20.1 Å². The molecule has 0 aliphatic heterocycles. The Labute approximate surface area is 174 Å². The largest absolute Gasteiger partial charge is 0.352 e. The lowest BCUT2D eigenvalue weighted by Crippen LogP contribution is -3.07. The number of quaternary nitrogens is 1. The summed E-state index contributed by atoms with van der Waals surface area (Å²) in [6.45, 7) is 2.48. The van der Waals surface area contributed by atoms with Crippen molar-refractivity contribution < 1.29 is 9.69 Å². The molecule has 6 heteroatoms. The number of benzene rings is 2. The monoisotopic (exact) mass is 401 g/mol. The predicted octanol–water partition coefficient (Wildman–Crippen LogP) is 1.68. The minimum absolute atomic E-state index is 0.170. The smallest absolute Gasteiger partial charge is 0.265 e. The number of rotatable bonds is 7. The van der Waals surface area contributed by atoms with Crippen molar-refractivity contribution in [2.24, 2.45) is 0 Å². The molecule has 4 rings (SSSR count). The van der Waals surface area contributed by atoms with Gasteiger partial charge in [0.2, 0.25) is 0 Å². The molecule has 0 bridgehead atoms. The number of amides is 1. The molecule has 4 aromatic rings. The summed E-state index contributed by atoms with van der Waals surface area (Å²) in [7, 11) is 2.15. The average molecular weight is 401 g/mol. The first-order chi connectivity index (χ1) is 14.6. The van der Waals surface area contributed by atoms with Crippen molar-refractivity contribution in [3.8, 4) is 0 Å². The van der Waals surface area contributed by atoms with E-state index in [4.69, 9.17) is 0 Å². The summed E-state index contributed by atoms with van der Waals surface area (Å²) in [6.07, 6.45) is 2.52. The van der Waals surface area contributed by atoms with Crippen LogP contribution in [0.4, 0.5) is 0 Å².